The van der Waals surface area contributed by atoms with Crippen molar-refractivity contribution in [3.8, 4) is 0 Å². The molecule has 3 aromatic rings. The SMILES string of the molecule is Cc1cccc(S(=O)(=O)N2CCC[C@@H](c3nnc(C(=O)Nc4cccc(Cl)c4)s3)C2)c1. The Morgan fingerprint density at radius 3 is 2.77 bits per heavy atom. The summed E-state index contributed by atoms with van der Waals surface area (Å²) < 4.78 is 27.7. The minimum Gasteiger partial charge on any atom is -0.320 e. The zero-order chi connectivity index (χ0) is 22.0. The minimum absolute atomic E-state index is 0.0986. The van der Waals surface area contributed by atoms with Crippen LogP contribution in [0, 0.1) is 6.92 Å². The highest BCUT2D eigenvalue weighted by Crippen LogP contribution is 2.32. The second-order valence-corrected chi connectivity index (χ2v) is 10.8. The molecule has 4 rings (SSSR count). The molecule has 162 valence electrons. The van der Waals surface area contributed by atoms with E-state index in [1.807, 2.05) is 13.0 Å². The van der Waals surface area contributed by atoms with Crippen LogP contribution < -0.4 is 5.32 Å². The Morgan fingerprint density at radius 1 is 1.19 bits per heavy atom. The van der Waals surface area contributed by atoms with E-state index < -0.39 is 10.0 Å². The van der Waals surface area contributed by atoms with Gasteiger partial charge in [0.1, 0.15) is 5.01 Å². The van der Waals surface area contributed by atoms with Gasteiger partial charge in [0.25, 0.3) is 5.91 Å². The molecule has 1 aromatic heterocycles. The van der Waals surface area contributed by atoms with Crippen LogP contribution in [-0.4, -0.2) is 41.9 Å². The molecule has 1 saturated heterocycles. The van der Waals surface area contributed by atoms with Gasteiger partial charge in [-0.15, -0.1) is 10.2 Å². The first-order valence-corrected chi connectivity index (χ1v) is 12.4. The molecule has 2 aromatic carbocycles. The number of amides is 1. The summed E-state index contributed by atoms with van der Waals surface area (Å²) in [5.41, 5.74) is 1.47. The predicted molar refractivity (Wildman–Crippen MR) is 121 cm³/mol. The number of carbonyl (C=O) groups excluding carboxylic acids is 1. The van der Waals surface area contributed by atoms with Gasteiger partial charge < -0.3 is 5.32 Å². The Labute approximate surface area is 190 Å². The Bertz CT molecular complexity index is 1210. The van der Waals surface area contributed by atoms with Crippen molar-refractivity contribution in [3.63, 3.8) is 0 Å². The first-order chi connectivity index (χ1) is 14.8. The number of sulfonamides is 1. The predicted octanol–water partition coefficient (Wildman–Crippen LogP) is 4.32. The number of aromatic nitrogens is 2. The van der Waals surface area contributed by atoms with Crippen LogP contribution >= 0.6 is 22.9 Å². The summed E-state index contributed by atoms with van der Waals surface area (Å²) in [6.07, 6.45) is 1.52. The monoisotopic (exact) mass is 476 g/mol. The van der Waals surface area contributed by atoms with Crippen molar-refractivity contribution >= 4 is 44.6 Å². The van der Waals surface area contributed by atoms with Crippen LogP contribution in [0.25, 0.3) is 0 Å². The van der Waals surface area contributed by atoms with E-state index >= 15 is 0 Å². The molecule has 2 heterocycles. The second kappa shape index (κ2) is 9.04. The van der Waals surface area contributed by atoms with E-state index in [0.29, 0.717) is 33.7 Å². The van der Waals surface area contributed by atoms with Gasteiger partial charge in [0, 0.05) is 29.7 Å². The molecule has 1 amide bonds. The van der Waals surface area contributed by atoms with E-state index in [-0.39, 0.29) is 16.8 Å². The number of rotatable bonds is 5. The molecule has 0 unspecified atom stereocenters. The average Bonchev–Trinajstić information content (AvgIpc) is 3.24. The molecule has 0 spiro atoms. The number of piperidine rings is 1. The van der Waals surface area contributed by atoms with Crippen molar-refractivity contribution in [2.24, 2.45) is 0 Å². The molecule has 10 heteroatoms. The zero-order valence-corrected chi connectivity index (χ0v) is 19.2. The number of halogens is 1. The molecule has 1 atom stereocenters. The lowest BCUT2D eigenvalue weighted by Gasteiger charge is -2.30. The maximum Gasteiger partial charge on any atom is 0.286 e. The maximum absolute atomic E-state index is 13.1. The smallest absolute Gasteiger partial charge is 0.286 e. The highest BCUT2D eigenvalue weighted by molar-refractivity contribution is 7.89. The topological polar surface area (TPSA) is 92.3 Å². The van der Waals surface area contributed by atoms with Gasteiger partial charge in [-0.1, -0.05) is 41.1 Å². The third-order valence-electron chi connectivity index (χ3n) is 5.08. The van der Waals surface area contributed by atoms with Crippen LogP contribution in [0.4, 0.5) is 5.69 Å². The summed E-state index contributed by atoms with van der Waals surface area (Å²) in [7, 11) is -3.58. The largest absolute Gasteiger partial charge is 0.320 e. The quantitative estimate of drug-likeness (QED) is 0.592. The van der Waals surface area contributed by atoms with Crippen LogP contribution in [-0.2, 0) is 10.0 Å². The molecule has 1 fully saturated rings. The van der Waals surface area contributed by atoms with Crippen LogP contribution in [0.3, 0.4) is 0 Å². The summed E-state index contributed by atoms with van der Waals surface area (Å²) in [4.78, 5) is 12.8. The summed E-state index contributed by atoms with van der Waals surface area (Å²) >= 11 is 7.15. The number of aryl methyl sites for hydroxylation is 1. The van der Waals surface area contributed by atoms with Gasteiger partial charge >= 0.3 is 0 Å². The van der Waals surface area contributed by atoms with Gasteiger partial charge in [0.05, 0.1) is 4.90 Å². The lowest BCUT2D eigenvalue weighted by Crippen LogP contribution is -2.39. The van der Waals surface area contributed by atoms with Crippen LogP contribution in [0.1, 0.15) is 39.1 Å². The highest BCUT2D eigenvalue weighted by Gasteiger charge is 2.32. The molecule has 1 aliphatic heterocycles. The van der Waals surface area contributed by atoms with Gasteiger partial charge in [0.15, 0.2) is 0 Å². The molecule has 7 nitrogen and oxygen atoms in total. The van der Waals surface area contributed by atoms with E-state index in [2.05, 4.69) is 15.5 Å². The highest BCUT2D eigenvalue weighted by atomic mass is 35.5. The molecule has 1 N–H and O–H groups in total. The summed E-state index contributed by atoms with van der Waals surface area (Å²) in [5, 5.41) is 12.4. The van der Waals surface area contributed by atoms with Gasteiger partial charge in [-0.2, -0.15) is 4.31 Å². The zero-order valence-electron chi connectivity index (χ0n) is 16.8. The van der Waals surface area contributed by atoms with Gasteiger partial charge in [0.2, 0.25) is 15.0 Å². The molecule has 0 saturated carbocycles. The molecule has 31 heavy (non-hydrogen) atoms. The first-order valence-electron chi connectivity index (χ1n) is 9.80. The van der Waals surface area contributed by atoms with Gasteiger partial charge in [-0.25, -0.2) is 8.42 Å². The average molecular weight is 477 g/mol. The third-order valence-corrected chi connectivity index (χ3v) is 8.26. The van der Waals surface area contributed by atoms with E-state index in [9.17, 15) is 13.2 Å². The number of anilines is 1. The Morgan fingerprint density at radius 2 is 2.00 bits per heavy atom. The van der Waals surface area contributed by atoms with Crippen molar-refractivity contribution in [3.05, 3.63) is 69.1 Å². The number of nitrogens with zero attached hydrogens (tertiary/aromatic N) is 3. The molecular formula is C21H21ClN4O3S2. The number of hydrogen-bond donors (Lipinski definition) is 1. The van der Waals surface area contributed by atoms with E-state index in [1.165, 1.54) is 15.6 Å². The van der Waals surface area contributed by atoms with Crippen molar-refractivity contribution < 1.29 is 13.2 Å². The standard InChI is InChI=1S/C21H21ClN4O3S2/c1-14-5-2-9-18(11-14)31(28,29)26-10-4-6-15(13-26)20-24-25-21(30-20)19(27)23-17-8-3-7-16(22)12-17/h2-3,5,7-9,11-12,15H,4,6,10,13H2,1H3,(H,23,27)/t15-/m1/s1. The Hall–Kier alpha value is -2.33. The van der Waals surface area contributed by atoms with Crippen molar-refractivity contribution in [2.75, 3.05) is 18.4 Å². The molecule has 1 aliphatic rings. The fourth-order valence-electron chi connectivity index (χ4n) is 3.53. The van der Waals surface area contributed by atoms with E-state index in [4.69, 9.17) is 11.6 Å². The maximum atomic E-state index is 13.1. The summed E-state index contributed by atoms with van der Waals surface area (Å²) in [6, 6.07) is 13.8. The normalized spacial score (nSPS) is 17.4. The van der Waals surface area contributed by atoms with E-state index in [1.54, 1.807) is 42.5 Å². The number of nitrogens with one attached hydrogen (secondary N) is 1. The molecular weight excluding hydrogens is 456 g/mol. The second-order valence-electron chi connectivity index (χ2n) is 7.43. The number of benzene rings is 2. The fourth-order valence-corrected chi connectivity index (χ4v) is 6.21. The molecule has 0 aliphatic carbocycles. The Kier molecular flexibility index (Phi) is 6.38. The molecule has 0 bridgehead atoms. The lowest BCUT2D eigenvalue weighted by atomic mass is 10.0. The number of hydrogen-bond acceptors (Lipinski definition) is 6. The van der Waals surface area contributed by atoms with Crippen LogP contribution in [0.2, 0.25) is 5.02 Å². The van der Waals surface area contributed by atoms with Crippen molar-refractivity contribution in [2.45, 2.75) is 30.6 Å². The number of carbonyl (C=O) groups is 1. The molecule has 0 radical (unpaired) electrons. The first kappa shape index (κ1) is 21.9. The minimum atomic E-state index is -3.58. The van der Waals surface area contributed by atoms with E-state index in [0.717, 1.165) is 18.4 Å². The van der Waals surface area contributed by atoms with Crippen molar-refractivity contribution in [1.82, 2.24) is 14.5 Å². The van der Waals surface area contributed by atoms with Crippen LogP contribution in [0.5, 0.6) is 0 Å². The van der Waals surface area contributed by atoms with Gasteiger partial charge in [-0.05, 0) is 55.7 Å². The fraction of sp³-hybridized carbons (Fsp3) is 0.286. The van der Waals surface area contributed by atoms with Crippen molar-refractivity contribution in [1.29, 1.82) is 0 Å². The van der Waals surface area contributed by atoms with Crippen LogP contribution in [0.15, 0.2) is 53.4 Å². The van der Waals surface area contributed by atoms with Gasteiger partial charge in [-0.3, -0.25) is 4.79 Å². The summed E-state index contributed by atoms with van der Waals surface area (Å²) in [6.45, 7) is 2.66. The summed E-state index contributed by atoms with van der Waals surface area (Å²) in [5.74, 6) is -0.468. The third kappa shape index (κ3) is 4.95. The Balaban J connectivity index is 1.48. The lowest BCUT2D eigenvalue weighted by molar-refractivity contribution is 0.102.